The predicted molar refractivity (Wildman–Crippen MR) is 173 cm³/mol. The minimum Gasteiger partial charge on any atom is -0.497 e. The zero-order chi connectivity index (χ0) is 31.4. The van der Waals surface area contributed by atoms with E-state index in [4.69, 9.17) is 14.5 Å². The SMILES string of the molecule is COc1cccc(CS(=O)(=O)Nc2c(F)ccc3c(Oc4ncccc4-c4ccnc(N[C@H]5CCCNC5)n4)c(C)ccc23)c1. The second-order valence-corrected chi connectivity index (χ2v) is 12.6. The van der Waals surface area contributed by atoms with Gasteiger partial charge in [-0.05, 0) is 79.9 Å². The maximum absolute atomic E-state index is 15.2. The Balaban J connectivity index is 1.32. The molecule has 0 saturated carbocycles. The molecule has 0 bridgehead atoms. The Morgan fingerprint density at radius 3 is 2.71 bits per heavy atom. The first-order valence-corrected chi connectivity index (χ1v) is 16.2. The molecule has 1 saturated heterocycles. The molecule has 0 spiro atoms. The number of benzene rings is 3. The lowest BCUT2D eigenvalue weighted by Crippen LogP contribution is -2.38. The number of halogens is 1. The Morgan fingerprint density at radius 2 is 1.89 bits per heavy atom. The minimum atomic E-state index is -3.99. The molecule has 1 aliphatic rings. The van der Waals surface area contributed by atoms with Crippen LogP contribution in [0.4, 0.5) is 16.0 Å². The standard InChI is InChI=1S/C33H33FN6O4S/c1-21-10-11-25-26(12-13-28(34)30(25)40-45(41,42)20-22-6-3-8-24(18-22)43-2)31(21)44-32-27(9-5-16-36-32)29-14-17-37-33(39-29)38-23-7-4-15-35-19-23/h3,5-6,8-14,16-18,23,35,40H,4,7,15,19-20H2,1-2H3,(H,37,38,39)/t23-/m0/s1. The number of nitrogens with zero attached hydrogens (tertiary/aromatic N) is 3. The second kappa shape index (κ2) is 13.0. The number of methoxy groups -OCH3 is 1. The molecule has 3 aromatic carbocycles. The van der Waals surface area contributed by atoms with Gasteiger partial charge in [0.15, 0.2) is 0 Å². The first-order chi connectivity index (χ1) is 21.8. The summed E-state index contributed by atoms with van der Waals surface area (Å²) in [5, 5.41) is 7.64. The molecule has 232 valence electrons. The van der Waals surface area contributed by atoms with E-state index in [0.29, 0.717) is 50.9 Å². The first-order valence-electron chi connectivity index (χ1n) is 14.6. The monoisotopic (exact) mass is 628 g/mol. The number of aryl methyl sites for hydroxylation is 1. The van der Waals surface area contributed by atoms with E-state index in [1.807, 2.05) is 13.0 Å². The van der Waals surface area contributed by atoms with E-state index in [-0.39, 0.29) is 17.5 Å². The molecule has 0 amide bonds. The number of pyridine rings is 1. The van der Waals surface area contributed by atoms with Crippen LogP contribution in [0.15, 0.2) is 79.1 Å². The van der Waals surface area contributed by atoms with Crippen LogP contribution in [-0.2, 0) is 15.8 Å². The number of nitrogens with one attached hydrogen (secondary N) is 3. The highest BCUT2D eigenvalue weighted by molar-refractivity contribution is 7.91. The number of sulfonamides is 1. The Bertz CT molecular complexity index is 1950. The summed E-state index contributed by atoms with van der Waals surface area (Å²) in [4.78, 5) is 13.6. The van der Waals surface area contributed by atoms with E-state index in [2.05, 4.69) is 25.3 Å². The topological polar surface area (TPSA) is 127 Å². The molecule has 3 heterocycles. The average molecular weight is 629 g/mol. The van der Waals surface area contributed by atoms with Crippen molar-refractivity contribution in [1.29, 1.82) is 0 Å². The lowest BCUT2D eigenvalue weighted by Gasteiger charge is -2.23. The van der Waals surface area contributed by atoms with Gasteiger partial charge >= 0.3 is 0 Å². The molecule has 12 heteroatoms. The highest BCUT2D eigenvalue weighted by atomic mass is 32.2. The summed E-state index contributed by atoms with van der Waals surface area (Å²) < 4.78 is 55.7. The van der Waals surface area contributed by atoms with Crippen LogP contribution < -0.4 is 24.8 Å². The van der Waals surface area contributed by atoms with Gasteiger partial charge in [-0.1, -0.05) is 24.3 Å². The van der Waals surface area contributed by atoms with Gasteiger partial charge in [-0.3, -0.25) is 4.72 Å². The number of hydrogen-bond acceptors (Lipinski definition) is 9. The van der Waals surface area contributed by atoms with Crippen LogP contribution in [-0.4, -0.2) is 49.6 Å². The van der Waals surface area contributed by atoms with Crippen molar-refractivity contribution in [2.24, 2.45) is 0 Å². The lowest BCUT2D eigenvalue weighted by atomic mass is 10.0. The fourth-order valence-electron chi connectivity index (χ4n) is 5.37. The normalized spacial score (nSPS) is 15.0. The van der Waals surface area contributed by atoms with Crippen molar-refractivity contribution in [2.75, 3.05) is 30.2 Å². The molecular formula is C33H33FN6O4S. The Kier molecular flexibility index (Phi) is 8.76. The highest BCUT2D eigenvalue weighted by Crippen LogP contribution is 2.40. The van der Waals surface area contributed by atoms with E-state index in [0.717, 1.165) is 31.5 Å². The zero-order valence-electron chi connectivity index (χ0n) is 24.9. The van der Waals surface area contributed by atoms with Crippen LogP contribution in [0, 0.1) is 12.7 Å². The van der Waals surface area contributed by atoms with Crippen LogP contribution in [0.2, 0.25) is 0 Å². The fraction of sp³-hybridized carbons (Fsp3) is 0.242. The smallest absolute Gasteiger partial charge is 0.237 e. The number of rotatable bonds is 10. The molecule has 5 aromatic rings. The van der Waals surface area contributed by atoms with Gasteiger partial charge < -0.3 is 20.1 Å². The minimum absolute atomic E-state index is 0.162. The van der Waals surface area contributed by atoms with Crippen molar-refractivity contribution in [3.63, 3.8) is 0 Å². The Labute approximate surface area is 261 Å². The molecule has 1 aliphatic heterocycles. The summed E-state index contributed by atoms with van der Waals surface area (Å²) >= 11 is 0. The van der Waals surface area contributed by atoms with Gasteiger partial charge in [-0.15, -0.1) is 0 Å². The van der Waals surface area contributed by atoms with Gasteiger partial charge in [-0.25, -0.2) is 27.8 Å². The molecular weight excluding hydrogens is 595 g/mol. The van der Waals surface area contributed by atoms with Crippen molar-refractivity contribution < 1.29 is 22.3 Å². The predicted octanol–water partition coefficient (Wildman–Crippen LogP) is 6.05. The van der Waals surface area contributed by atoms with Gasteiger partial charge in [0.2, 0.25) is 21.9 Å². The summed E-state index contributed by atoms with van der Waals surface area (Å²) in [6.07, 6.45) is 5.41. The highest BCUT2D eigenvalue weighted by Gasteiger charge is 2.21. The zero-order valence-corrected chi connectivity index (χ0v) is 25.7. The summed E-state index contributed by atoms with van der Waals surface area (Å²) in [6, 6.07) is 18.6. The summed E-state index contributed by atoms with van der Waals surface area (Å²) in [7, 11) is -2.48. The number of aromatic nitrogens is 3. The summed E-state index contributed by atoms with van der Waals surface area (Å²) in [5.74, 6) is 0.682. The molecule has 3 N–H and O–H groups in total. The maximum atomic E-state index is 15.2. The third-order valence-corrected chi connectivity index (χ3v) is 8.81. The van der Waals surface area contributed by atoms with Crippen LogP contribution in [0.5, 0.6) is 17.4 Å². The molecule has 2 aromatic heterocycles. The first kappa shape index (κ1) is 30.2. The van der Waals surface area contributed by atoms with E-state index in [9.17, 15) is 8.42 Å². The molecule has 6 rings (SSSR count). The van der Waals surface area contributed by atoms with Crippen molar-refractivity contribution in [3.8, 4) is 28.6 Å². The summed E-state index contributed by atoms with van der Waals surface area (Å²) in [5.41, 5.74) is 2.36. The number of ether oxygens (including phenoxy) is 2. The van der Waals surface area contributed by atoms with E-state index in [1.165, 1.54) is 13.2 Å². The van der Waals surface area contributed by atoms with Crippen molar-refractivity contribution in [2.45, 2.75) is 31.6 Å². The van der Waals surface area contributed by atoms with Crippen molar-refractivity contribution >= 4 is 32.4 Å². The van der Waals surface area contributed by atoms with Crippen LogP contribution >= 0.6 is 0 Å². The Morgan fingerprint density at radius 1 is 1.02 bits per heavy atom. The number of hydrogen-bond donors (Lipinski definition) is 3. The lowest BCUT2D eigenvalue weighted by molar-refractivity contribution is 0.414. The third-order valence-electron chi connectivity index (χ3n) is 7.58. The van der Waals surface area contributed by atoms with Gasteiger partial charge in [0.25, 0.3) is 0 Å². The number of anilines is 2. The van der Waals surface area contributed by atoms with Crippen LogP contribution in [0.3, 0.4) is 0 Å². The molecule has 45 heavy (non-hydrogen) atoms. The molecule has 10 nitrogen and oxygen atoms in total. The van der Waals surface area contributed by atoms with E-state index < -0.39 is 15.8 Å². The fourth-order valence-corrected chi connectivity index (χ4v) is 6.58. The Hall–Kier alpha value is -4.81. The number of fused-ring (bicyclic) bond motifs is 1. The maximum Gasteiger partial charge on any atom is 0.237 e. The molecule has 0 unspecified atom stereocenters. The molecule has 1 fully saturated rings. The molecule has 0 aliphatic carbocycles. The van der Waals surface area contributed by atoms with E-state index in [1.54, 1.807) is 67.0 Å². The van der Waals surface area contributed by atoms with Crippen molar-refractivity contribution in [3.05, 3.63) is 96.1 Å². The van der Waals surface area contributed by atoms with Crippen LogP contribution in [0.25, 0.3) is 22.0 Å². The van der Waals surface area contributed by atoms with Crippen LogP contribution in [0.1, 0.15) is 24.0 Å². The summed E-state index contributed by atoms with van der Waals surface area (Å²) in [6.45, 7) is 3.71. The quantitative estimate of drug-likeness (QED) is 0.169. The van der Waals surface area contributed by atoms with Gasteiger partial charge in [0.05, 0.1) is 29.8 Å². The van der Waals surface area contributed by atoms with Gasteiger partial charge in [-0.2, -0.15) is 0 Å². The number of piperidine rings is 1. The molecule has 1 atom stereocenters. The molecule has 0 radical (unpaired) electrons. The van der Waals surface area contributed by atoms with Gasteiger partial charge in [0.1, 0.15) is 17.3 Å². The van der Waals surface area contributed by atoms with E-state index >= 15 is 4.39 Å². The largest absolute Gasteiger partial charge is 0.497 e. The van der Waals surface area contributed by atoms with Gasteiger partial charge in [0, 0.05) is 35.8 Å². The average Bonchev–Trinajstić information content (AvgIpc) is 3.04. The van der Waals surface area contributed by atoms with Crippen molar-refractivity contribution in [1.82, 2.24) is 20.3 Å². The third kappa shape index (κ3) is 6.97. The second-order valence-electron chi connectivity index (χ2n) is 10.9.